The highest BCUT2D eigenvalue weighted by atomic mass is 32.1. The maximum absolute atomic E-state index is 12.5. The fourth-order valence-electron chi connectivity index (χ4n) is 2.83. The van der Waals surface area contributed by atoms with Crippen LogP contribution in [0.2, 0.25) is 0 Å². The summed E-state index contributed by atoms with van der Waals surface area (Å²) in [5.41, 5.74) is 0.403. The molecule has 2 amide bonds. The highest BCUT2D eigenvalue weighted by molar-refractivity contribution is 7.80. The molecule has 1 atom stereocenters. The molecule has 2 N–H and O–H groups in total. The number of hydrogen-bond donors (Lipinski definition) is 2. The van der Waals surface area contributed by atoms with Crippen molar-refractivity contribution in [3.05, 3.63) is 29.8 Å². The number of esters is 1. The molecule has 8 nitrogen and oxygen atoms in total. The monoisotopic (exact) mass is 421 g/mol. The van der Waals surface area contributed by atoms with Crippen molar-refractivity contribution in [3.8, 4) is 5.75 Å². The van der Waals surface area contributed by atoms with Gasteiger partial charge in [-0.3, -0.25) is 19.7 Å². The SMILES string of the molecule is CC(C)OC(=O)CC1C(=O)NCCN1C(=S)NC(=O)c1ccc(OC(C)C)cc1. The average Bonchev–Trinajstić information content (AvgIpc) is 2.62. The molecule has 0 radical (unpaired) electrons. The number of hydrogen-bond acceptors (Lipinski definition) is 6. The Labute approximate surface area is 175 Å². The van der Waals surface area contributed by atoms with E-state index in [-0.39, 0.29) is 29.6 Å². The molecule has 1 fully saturated rings. The third-order valence-electron chi connectivity index (χ3n) is 4.03. The molecule has 0 spiro atoms. The van der Waals surface area contributed by atoms with E-state index >= 15 is 0 Å². The smallest absolute Gasteiger partial charge is 0.308 e. The van der Waals surface area contributed by atoms with Crippen molar-refractivity contribution in [1.29, 1.82) is 0 Å². The number of carbonyl (C=O) groups excluding carboxylic acids is 3. The topological polar surface area (TPSA) is 97.0 Å². The van der Waals surface area contributed by atoms with Crippen LogP contribution in [0.3, 0.4) is 0 Å². The lowest BCUT2D eigenvalue weighted by Gasteiger charge is -2.36. The van der Waals surface area contributed by atoms with Gasteiger partial charge in [0.25, 0.3) is 5.91 Å². The Morgan fingerprint density at radius 3 is 2.45 bits per heavy atom. The maximum Gasteiger partial charge on any atom is 0.308 e. The van der Waals surface area contributed by atoms with Gasteiger partial charge in [-0.2, -0.15) is 0 Å². The van der Waals surface area contributed by atoms with Crippen molar-refractivity contribution in [1.82, 2.24) is 15.5 Å². The summed E-state index contributed by atoms with van der Waals surface area (Å²) < 4.78 is 10.7. The largest absolute Gasteiger partial charge is 0.491 e. The number of benzene rings is 1. The van der Waals surface area contributed by atoms with Crippen LogP contribution in [-0.4, -0.2) is 59.1 Å². The molecule has 2 rings (SSSR count). The van der Waals surface area contributed by atoms with Crippen molar-refractivity contribution in [2.45, 2.75) is 52.4 Å². The van der Waals surface area contributed by atoms with Crippen molar-refractivity contribution in [2.24, 2.45) is 0 Å². The summed E-state index contributed by atoms with van der Waals surface area (Å²) >= 11 is 5.34. The van der Waals surface area contributed by atoms with Crippen LogP contribution < -0.4 is 15.4 Å². The van der Waals surface area contributed by atoms with Gasteiger partial charge in [-0.25, -0.2) is 0 Å². The number of ether oxygens (including phenoxy) is 2. The quantitative estimate of drug-likeness (QED) is 0.532. The van der Waals surface area contributed by atoms with Crippen LogP contribution in [0.15, 0.2) is 24.3 Å². The molecule has 1 aliphatic rings. The Balaban J connectivity index is 2.03. The molecule has 1 heterocycles. The van der Waals surface area contributed by atoms with Gasteiger partial charge in [-0.05, 0) is 64.2 Å². The number of amides is 2. The molecule has 9 heteroatoms. The van der Waals surface area contributed by atoms with E-state index in [1.54, 1.807) is 43.0 Å². The van der Waals surface area contributed by atoms with E-state index in [4.69, 9.17) is 21.7 Å². The van der Waals surface area contributed by atoms with Gasteiger partial charge >= 0.3 is 5.97 Å². The van der Waals surface area contributed by atoms with E-state index in [9.17, 15) is 14.4 Å². The number of carbonyl (C=O) groups is 3. The molecule has 29 heavy (non-hydrogen) atoms. The van der Waals surface area contributed by atoms with Crippen LogP contribution in [0.1, 0.15) is 44.5 Å². The molecular formula is C20H27N3O5S. The molecule has 1 aromatic carbocycles. The van der Waals surface area contributed by atoms with Crippen LogP contribution in [0.4, 0.5) is 0 Å². The minimum atomic E-state index is -0.829. The lowest BCUT2D eigenvalue weighted by Crippen LogP contribution is -2.60. The van der Waals surface area contributed by atoms with Gasteiger partial charge in [0.1, 0.15) is 11.8 Å². The third kappa shape index (κ3) is 6.70. The lowest BCUT2D eigenvalue weighted by molar-refractivity contribution is -0.150. The average molecular weight is 422 g/mol. The Bertz CT molecular complexity index is 764. The Hall–Kier alpha value is -2.68. The summed E-state index contributed by atoms with van der Waals surface area (Å²) in [5.74, 6) is -0.568. The molecule has 0 aromatic heterocycles. The van der Waals surface area contributed by atoms with Crippen molar-refractivity contribution < 1.29 is 23.9 Å². The lowest BCUT2D eigenvalue weighted by atomic mass is 10.1. The van der Waals surface area contributed by atoms with Crippen LogP contribution in [0, 0.1) is 0 Å². The Kier molecular flexibility index (Phi) is 7.95. The molecule has 0 bridgehead atoms. The van der Waals surface area contributed by atoms with Gasteiger partial charge in [0.05, 0.1) is 18.6 Å². The van der Waals surface area contributed by atoms with Gasteiger partial charge in [-0.1, -0.05) is 0 Å². The molecule has 0 aliphatic carbocycles. The highest BCUT2D eigenvalue weighted by Gasteiger charge is 2.34. The Morgan fingerprint density at radius 1 is 1.21 bits per heavy atom. The molecule has 1 aliphatic heterocycles. The van der Waals surface area contributed by atoms with E-state index in [0.29, 0.717) is 24.4 Å². The molecule has 0 saturated carbocycles. The molecule has 1 saturated heterocycles. The van der Waals surface area contributed by atoms with Gasteiger partial charge in [-0.15, -0.1) is 0 Å². The van der Waals surface area contributed by atoms with Crippen molar-refractivity contribution in [3.63, 3.8) is 0 Å². The summed E-state index contributed by atoms with van der Waals surface area (Å²) in [6.07, 6.45) is -0.398. The normalized spacial score (nSPS) is 16.4. The van der Waals surface area contributed by atoms with Crippen LogP contribution >= 0.6 is 12.2 Å². The van der Waals surface area contributed by atoms with E-state index in [2.05, 4.69) is 10.6 Å². The van der Waals surface area contributed by atoms with E-state index in [0.717, 1.165) is 0 Å². The van der Waals surface area contributed by atoms with Gasteiger partial charge < -0.3 is 19.7 Å². The van der Waals surface area contributed by atoms with Crippen LogP contribution in [-0.2, 0) is 14.3 Å². The number of nitrogens with one attached hydrogen (secondary N) is 2. The molecule has 1 unspecified atom stereocenters. The van der Waals surface area contributed by atoms with E-state index in [1.807, 2.05) is 13.8 Å². The summed E-state index contributed by atoms with van der Waals surface area (Å²) in [7, 11) is 0. The first kappa shape index (κ1) is 22.6. The van der Waals surface area contributed by atoms with Crippen LogP contribution in [0.5, 0.6) is 5.75 Å². The molecule has 158 valence electrons. The number of nitrogens with zero attached hydrogens (tertiary/aromatic N) is 1. The third-order valence-corrected chi connectivity index (χ3v) is 4.36. The molecular weight excluding hydrogens is 394 g/mol. The fourth-order valence-corrected chi connectivity index (χ4v) is 3.14. The van der Waals surface area contributed by atoms with Gasteiger partial charge in [0.15, 0.2) is 5.11 Å². The minimum absolute atomic E-state index is 0.0341. The summed E-state index contributed by atoms with van der Waals surface area (Å²) in [6, 6.07) is 5.85. The zero-order valence-electron chi connectivity index (χ0n) is 17.1. The standard InChI is InChI=1S/C20H27N3O5S/c1-12(2)27-15-7-5-14(6-8-15)18(25)22-20(29)23-10-9-21-19(26)16(23)11-17(24)28-13(3)4/h5-8,12-13,16H,9-11H2,1-4H3,(H,21,26)(H,22,25,29). The summed E-state index contributed by atoms with van der Waals surface area (Å²) in [5, 5.41) is 5.44. The summed E-state index contributed by atoms with van der Waals surface area (Å²) in [4.78, 5) is 38.4. The van der Waals surface area contributed by atoms with Crippen molar-refractivity contribution >= 4 is 35.1 Å². The number of rotatable bonds is 6. The van der Waals surface area contributed by atoms with Crippen molar-refractivity contribution in [2.75, 3.05) is 13.1 Å². The van der Waals surface area contributed by atoms with E-state index in [1.165, 1.54) is 0 Å². The predicted octanol–water partition coefficient (Wildman–Crippen LogP) is 1.63. The first-order chi connectivity index (χ1) is 13.7. The first-order valence-electron chi connectivity index (χ1n) is 9.53. The van der Waals surface area contributed by atoms with Crippen LogP contribution in [0.25, 0.3) is 0 Å². The molecule has 1 aromatic rings. The number of thiocarbonyl (C=S) groups is 1. The highest BCUT2D eigenvalue weighted by Crippen LogP contribution is 2.15. The van der Waals surface area contributed by atoms with E-state index < -0.39 is 17.9 Å². The summed E-state index contributed by atoms with van der Waals surface area (Å²) in [6.45, 7) is 8.05. The van der Waals surface area contributed by atoms with Gasteiger partial charge in [0, 0.05) is 18.7 Å². The zero-order chi connectivity index (χ0) is 21.6. The minimum Gasteiger partial charge on any atom is -0.491 e. The fraction of sp³-hybridized carbons (Fsp3) is 0.500. The zero-order valence-corrected chi connectivity index (χ0v) is 17.9. The van der Waals surface area contributed by atoms with Gasteiger partial charge in [0.2, 0.25) is 5.91 Å². The second-order valence-corrected chi connectivity index (χ2v) is 7.58. The maximum atomic E-state index is 12.5. The predicted molar refractivity (Wildman–Crippen MR) is 112 cm³/mol. The number of piperazine rings is 1. The first-order valence-corrected chi connectivity index (χ1v) is 9.94. The second-order valence-electron chi connectivity index (χ2n) is 7.19. The Morgan fingerprint density at radius 2 is 1.86 bits per heavy atom. The second kappa shape index (κ2) is 10.2.